The summed E-state index contributed by atoms with van der Waals surface area (Å²) in [5, 5.41) is 10.2. The van der Waals surface area contributed by atoms with Crippen molar-refractivity contribution in [3.05, 3.63) is 55.9 Å². The Hall–Kier alpha value is -2.11. The van der Waals surface area contributed by atoms with Gasteiger partial charge in [0.25, 0.3) is 0 Å². The minimum atomic E-state index is -1.06. The number of nitrogens with zero attached hydrogens (tertiary/aromatic N) is 3. The second kappa shape index (κ2) is 11.3. The Kier molecular flexibility index (Phi) is 8.87. The van der Waals surface area contributed by atoms with E-state index < -0.39 is 17.7 Å². The number of carboxylic acids is 1. The highest BCUT2D eigenvalue weighted by Crippen LogP contribution is 2.30. The zero-order chi connectivity index (χ0) is 25.9. The number of ether oxygens (including phenoxy) is 2. The summed E-state index contributed by atoms with van der Waals surface area (Å²) in [5.74, 6) is -0.766. The van der Waals surface area contributed by atoms with Crippen molar-refractivity contribution in [2.45, 2.75) is 52.4 Å². The summed E-state index contributed by atoms with van der Waals surface area (Å²) in [4.78, 5) is 32.9. The molecule has 1 aromatic heterocycles. The van der Waals surface area contributed by atoms with Crippen LogP contribution in [0.1, 0.15) is 55.4 Å². The molecule has 10 heteroatoms. The number of aromatic carboxylic acids is 1. The fourth-order valence-electron chi connectivity index (χ4n) is 3.87. The van der Waals surface area contributed by atoms with E-state index in [1.54, 1.807) is 35.4 Å². The molecular formula is C25H31ClIN3O5. The number of carboxylic acid groups (broad SMARTS) is 1. The molecule has 2 heterocycles. The molecule has 1 aliphatic rings. The largest absolute Gasteiger partial charge is 0.482 e. The van der Waals surface area contributed by atoms with Gasteiger partial charge in [-0.05, 0) is 87.0 Å². The number of aryl methyl sites for hydroxylation is 1. The zero-order valence-corrected chi connectivity index (χ0v) is 23.5. The van der Waals surface area contributed by atoms with Crippen LogP contribution in [0.5, 0.6) is 5.75 Å². The highest BCUT2D eigenvalue weighted by molar-refractivity contribution is 14.1. The number of amides is 1. The van der Waals surface area contributed by atoms with Gasteiger partial charge in [-0.1, -0.05) is 11.6 Å². The minimum Gasteiger partial charge on any atom is -0.482 e. The van der Waals surface area contributed by atoms with Gasteiger partial charge >= 0.3 is 12.1 Å². The van der Waals surface area contributed by atoms with E-state index >= 15 is 0 Å². The minimum absolute atomic E-state index is 0.0624. The first kappa shape index (κ1) is 27.5. The van der Waals surface area contributed by atoms with Gasteiger partial charge in [-0.2, -0.15) is 0 Å². The van der Waals surface area contributed by atoms with Crippen LogP contribution in [-0.4, -0.2) is 69.8 Å². The van der Waals surface area contributed by atoms with Crippen molar-refractivity contribution >= 4 is 46.3 Å². The first-order valence-corrected chi connectivity index (χ1v) is 12.8. The fraction of sp³-hybridized carbons (Fsp3) is 0.480. The topological polar surface area (TPSA) is 92.2 Å². The number of rotatable bonds is 6. The molecule has 1 N–H and O–H groups in total. The van der Waals surface area contributed by atoms with E-state index in [9.17, 15) is 14.7 Å². The molecule has 0 spiro atoms. The van der Waals surface area contributed by atoms with Crippen molar-refractivity contribution < 1.29 is 24.2 Å². The number of halogens is 2. The second-order valence-corrected chi connectivity index (χ2v) is 11.3. The predicted molar refractivity (Wildman–Crippen MR) is 142 cm³/mol. The summed E-state index contributed by atoms with van der Waals surface area (Å²) in [5.41, 5.74) is 1.11. The molecule has 8 nitrogen and oxygen atoms in total. The number of aromatic nitrogens is 1. The van der Waals surface area contributed by atoms with E-state index in [0.29, 0.717) is 36.9 Å². The summed E-state index contributed by atoms with van der Waals surface area (Å²) >= 11 is 8.16. The van der Waals surface area contributed by atoms with Crippen LogP contribution in [0.4, 0.5) is 4.79 Å². The normalized spacial score (nSPS) is 17.7. The van der Waals surface area contributed by atoms with Crippen LogP contribution < -0.4 is 4.74 Å². The van der Waals surface area contributed by atoms with Crippen molar-refractivity contribution in [1.29, 1.82) is 0 Å². The summed E-state index contributed by atoms with van der Waals surface area (Å²) in [6, 6.07) is 6.82. The molecule has 35 heavy (non-hydrogen) atoms. The Morgan fingerprint density at radius 1 is 1.29 bits per heavy atom. The average Bonchev–Trinajstić information content (AvgIpc) is 2.74. The Morgan fingerprint density at radius 3 is 2.57 bits per heavy atom. The van der Waals surface area contributed by atoms with E-state index in [-0.39, 0.29) is 23.4 Å². The molecular weight excluding hydrogens is 585 g/mol. The molecule has 0 saturated carbocycles. The number of carbonyl (C=O) groups excluding carboxylic acids is 1. The number of carbonyl (C=O) groups is 2. The molecule has 1 saturated heterocycles. The summed E-state index contributed by atoms with van der Waals surface area (Å²) in [6.07, 6.45) is 0.690. The lowest BCUT2D eigenvalue weighted by atomic mass is 10.1. The summed E-state index contributed by atoms with van der Waals surface area (Å²) in [7, 11) is 0. The molecule has 0 aliphatic carbocycles. The van der Waals surface area contributed by atoms with Crippen LogP contribution in [0.15, 0.2) is 30.5 Å². The highest BCUT2D eigenvalue weighted by Gasteiger charge is 2.32. The van der Waals surface area contributed by atoms with Gasteiger partial charge in [0.1, 0.15) is 16.9 Å². The van der Waals surface area contributed by atoms with Gasteiger partial charge in [0.15, 0.2) is 6.10 Å². The number of hydrogen-bond donors (Lipinski definition) is 1. The number of hydrogen-bond acceptors (Lipinski definition) is 6. The summed E-state index contributed by atoms with van der Waals surface area (Å²) < 4.78 is 12.7. The first-order chi connectivity index (χ1) is 16.3. The molecule has 1 fully saturated rings. The zero-order valence-electron chi connectivity index (χ0n) is 20.5. The van der Waals surface area contributed by atoms with Gasteiger partial charge < -0.3 is 19.5 Å². The van der Waals surface area contributed by atoms with Gasteiger partial charge in [-0.3, -0.25) is 9.88 Å². The molecule has 0 radical (unpaired) electrons. The van der Waals surface area contributed by atoms with Crippen molar-refractivity contribution in [1.82, 2.24) is 14.8 Å². The Balaban J connectivity index is 1.81. The van der Waals surface area contributed by atoms with Crippen LogP contribution in [0.3, 0.4) is 0 Å². The lowest BCUT2D eigenvalue weighted by Crippen LogP contribution is -2.55. The van der Waals surface area contributed by atoms with Crippen LogP contribution in [0.2, 0.25) is 5.02 Å². The monoisotopic (exact) mass is 615 g/mol. The maximum atomic E-state index is 12.6. The number of pyridine rings is 1. The van der Waals surface area contributed by atoms with E-state index in [0.717, 1.165) is 9.13 Å². The lowest BCUT2D eigenvalue weighted by molar-refractivity contribution is -0.00316. The quantitative estimate of drug-likeness (QED) is 0.435. The Labute approximate surface area is 224 Å². The van der Waals surface area contributed by atoms with Crippen molar-refractivity contribution in [3.63, 3.8) is 0 Å². The van der Waals surface area contributed by atoms with Gasteiger partial charge in [0, 0.05) is 42.0 Å². The third kappa shape index (κ3) is 7.44. The standard InChI is InChI=1S/C25H31ClIN3O5/c1-15-10-21(18(23(31)32)11-19(15)27)34-22(20-7-6-17(26)12-28-20)14-29-8-9-30(16(2)13-29)24(33)35-25(3,4)5/h6-7,10-12,16,22H,8-9,13-14H2,1-5H3,(H,31,32)/t16-,22?/m1/s1. The van der Waals surface area contributed by atoms with Gasteiger partial charge in [-0.15, -0.1) is 0 Å². The van der Waals surface area contributed by atoms with Gasteiger partial charge in [0.2, 0.25) is 0 Å². The molecule has 3 rings (SSSR count). The average molecular weight is 616 g/mol. The Bertz CT molecular complexity index is 1070. The molecule has 190 valence electrons. The van der Waals surface area contributed by atoms with Crippen LogP contribution in [0.25, 0.3) is 0 Å². The fourth-order valence-corrected chi connectivity index (χ4v) is 4.45. The van der Waals surface area contributed by atoms with Crippen LogP contribution in [-0.2, 0) is 4.74 Å². The molecule has 1 amide bonds. The molecule has 1 aromatic carbocycles. The van der Waals surface area contributed by atoms with E-state index in [2.05, 4.69) is 32.5 Å². The van der Waals surface area contributed by atoms with Crippen molar-refractivity contribution in [2.75, 3.05) is 26.2 Å². The van der Waals surface area contributed by atoms with E-state index in [1.807, 2.05) is 34.6 Å². The van der Waals surface area contributed by atoms with E-state index in [1.165, 1.54) is 0 Å². The molecule has 1 aliphatic heterocycles. The smallest absolute Gasteiger partial charge is 0.410 e. The number of piperazine rings is 1. The maximum Gasteiger partial charge on any atom is 0.410 e. The lowest BCUT2D eigenvalue weighted by Gasteiger charge is -2.41. The van der Waals surface area contributed by atoms with Gasteiger partial charge in [-0.25, -0.2) is 9.59 Å². The molecule has 0 bridgehead atoms. The highest BCUT2D eigenvalue weighted by atomic mass is 127. The summed E-state index contributed by atoms with van der Waals surface area (Å²) in [6.45, 7) is 11.7. The molecule has 2 aromatic rings. The van der Waals surface area contributed by atoms with Gasteiger partial charge in [0.05, 0.1) is 10.7 Å². The SMILES string of the molecule is Cc1cc(OC(CN2CCN(C(=O)OC(C)(C)C)[C@H](C)C2)c2ccc(Cl)cn2)c(C(=O)O)cc1I. The van der Waals surface area contributed by atoms with Crippen LogP contribution in [0, 0.1) is 10.5 Å². The third-order valence-corrected chi connectivity index (χ3v) is 6.99. The van der Waals surface area contributed by atoms with Crippen molar-refractivity contribution in [3.8, 4) is 5.75 Å². The Morgan fingerprint density at radius 2 is 2.00 bits per heavy atom. The maximum absolute atomic E-state index is 12.6. The second-order valence-electron chi connectivity index (χ2n) is 9.69. The first-order valence-electron chi connectivity index (χ1n) is 11.4. The van der Waals surface area contributed by atoms with Crippen molar-refractivity contribution in [2.24, 2.45) is 0 Å². The molecule has 2 atom stereocenters. The predicted octanol–water partition coefficient (Wildman–Crippen LogP) is 5.41. The third-order valence-electron chi connectivity index (χ3n) is 5.60. The van der Waals surface area contributed by atoms with E-state index in [4.69, 9.17) is 21.1 Å². The van der Waals surface area contributed by atoms with Crippen LogP contribution >= 0.6 is 34.2 Å². The molecule has 1 unspecified atom stereocenters. The number of benzene rings is 1.